The van der Waals surface area contributed by atoms with Crippen LogP contribution in [-0.2, 0) is 6.37 Å². The molecule has 0 unspecified atom stereocenters. The molecule has 0 bridgehead atoms. The van der Waals surface area contributed by atoms with E-state index in [1.165, 1.54) is 6.20 Å². The summed E-state index contributed by atoms with van der Waals surface area (Å²) in [4.78, 5) is 7.40. The topological polar surface area (TPSA) is 25.8 Å². The van der Waals surface area contributed by atoms with E-state index < -0.39 is 13.2 Å². The van der Waals surface area contributed by atoms with E-state index in [0.29, 0.717) is 4.60 Å². The van der Waals surface area contributed by atoms with E-state index in [1.807, 2.05) is 0 Å². The summed E-state index contributed by atoms with van der Waals surface area (Å²) in [6.07, 6.45) is -0.0139. The first-order valence-electron chi connectivity index (χ1n) is 4.73. The maximum Gasteiger partial charge on any atom is 0.124 e. The largest absolute Gasteiger partial charge is 0.260 e. The van der Waals surface area contributed by atoms with Crippen LogP contribution < -0.4 is 0 Å². The Balaban J connectivity index is 3.16. The summed E-state index contributed by atoms with van der Waals surface area (Å²) in [6, 6.07) is 0. The maximum atomic E-state index is 7.40. The average molecular weight is 192 g/mol. The standard InChI is InChI=1S/C6H7BrN2/c1-2-5-3-8-4-6(7)9-5/h3-4H,2H2,1H3/i1D3,2D2. The van der Waals surface area contributed by atoms with Crippen LogP contribution in [-0.4, -0.2) is 9.97 Å². The summed E-state index contributed by atoms with van der Waals surface area (Å²) in [5.74, 6) is 0. The molecular weight excluding hydrogens is 180 g/mol. The molecule has 0 radical (unpaired) electrons. The number of aromatic nitrogens is 2. The molecule has 1 rings (SSSR count). The summed E-state index contributed by atoms with van der Waals surface area (Å²) in [6.45, 7) is -2.75. The fourth-order valence-corrected chi connectivity index (χ4v) is 0.712. The van der Waals surface area contributed by atoms with E-state index in [0.717, 1.165) is 6.20 Å². The van der Waals surface area contributed by atoms with Crippen LogP contribution in [0.4, 0.5) is 0 Å². The highest BCUT2D eigenvalue weighted by molar-refractivity contribution is 9.10. The van der Waals surface area contributed by atoms with Crippen molar-refractivity contribution in [3.63, 3.8) is 0 Å². The van der Waals surface area contributed by atoms with Gasteiger partial charge in [0.1, 0.15) is 4.60 Å². The van der Waals surface area contributed by atoms with Gasteiger partial charge >= 0.3 is 0 Å². The molecule has 1 heterocycles. The quantitative estimate of drug-likeness (QED) is 0.677. The minimum atomic E-state index is -2.75. The third kappa shape index (κ3) is 1.75. The van der Waals surface area contributed by atoms with Crippen LogP contribution in [0.15, 0.2) is 17.0 Å². The van der Waals surface area contributed by atoms with Crippen LogP contribution in [0.2, 0.25) is 0 Å². The van der Waals surface area contributed by atoms with Crippen LogP contribution in [0.3, 0.4) is 0 Å². The van der Waals surface area contributed by atoms with Gasteiger partial charge in [0.15, 0.2) is 0 Å². The smallest absolute Gasteiger partial charge is 0.124 e. The third-order valence-electron chi connectivity index (χ3n) is 0.733. The van der Waals surface area contributed by atoms with Crippen molar-refractivity contribution in [1.82, 2.24) is 9.97 Å². The van der Waals surface area contributed by atoms with E-state index in [1.54, 1.807) is 0 Å². The molecule has 48 valence electrons. The summed E-state index contributed by atoms with van der Waals surface area (Å²) in [5, 5.41) is 0. The molecule has 0 aliphatic heterocycles. The number of nitrogens with zero attached hydrogens (tertiary/aromatic N) is 2. The van der Waals surface area contributed by atoms with Gasteiger partial charge in [0.05, 0.1) is 11.9 Å². The van der Waals surface area contributed by atoms with Crippen LogP contribution in [0, 0.1) is 0 Å². The van der Waals surface area contributed by atoms with E-state index in [9.17, 15) is 0 Å². The molecule has 0 saturated carbocycles. The number of hydrogen-bond donors (Lipinski definition) is 0. The zero-order valence-electron chi connectivity index (χ0n) is 9.43. The van der Waals surface area contributed by atoms with Gasteiger partial charge in [-0.1, -0.05) is 6.85 Å². The van der Waals surface area contributed by atoms with E-state index in [2.05, 4.69) is 25.9 Å². The Morgan fingerprint density at radius 1 is 1.89 bits per heavy atom. The number of halogens is 1. The molecule has 0 fully saturated rings. The highest BCUT2D eigenvalue weighted by atomic mass is 79.9. The van der Waals surface area contributed by atoms with Gasteiger partial charge in [-0.3, -0.25) is 4.98 Å². The molecule has 0 aromatic carbocycles. The Morgan fingerprint density at radius 3 is 3.44 bits per heavy atom. The van der Waals surface area contributed by atoms with Crippen molar-refractivity contribution in [3.05, 3.63) is 22.7 Å². The van der Waals surface area contributed by atoms with Gasteiger partial charge in [-0.15, -0.1) is 0 Å². The van der Waals surface area contributed by atoms with Crippen LogP contribution in [0.5, 0.6) is 0 Å². The Morgan fingerprint density at radius 2 is 2.78 bits per heavy atom. The monoisotopic (exact) mass is 191 g/mol. The minimum absolute atomic E-state index is 0.202. The van der Waals surface area contributed by atoms with E-state index in [-0.39, 0.29) is 5.69 Å². The second-order valence-corrected chi connectivity index (χ2v) is 2.16. The second kappa shape index (κ2) is 2.92. The van der Waals surface area contributed by atoms with Crippen LogP contribution >= 0.6 is 15.9 Å². The number of aryl methyl sites for hydroxylation is 1. The van der Waals surface area contributed by atoms with E-state index in [4.69, 9.17) is 6.85 Å². The van der Waals surface area contributed by atoms with Crippen molar-refractivity contribution in [2.24, 2.45) is 0 Å². The van der Waals surface area contributed by atoms with Crippen molar-refractivity contribution < 1.29 is 6.85 Å². The molecule has 0 spiro atoms. The van der Waals surface area contributed by atoms with Crippen molar-refractivity contribution in [3.8, 4) is 0 Å². The second-order valence-electron chi connectivity index (χ2n) is 1.35. The molecule has 3 heteroatoms. The predicted molar refractivity (Wildman–Crippen MR) is 39.1 cm³/mol. The fourth-order valence-electron chi connectivity index (χ4n) is 0.402. The molecule has 1 aromatic heterocycles. The zero-order valence-corrected chi connectivity index (χ0v) is 6.01. The van der Waals surface area contributed by atoms with Gasteiger partial charge in [0, 0.05) is 13.1 Å². The summed E-state index contributed by atoms with van der Waals surface area (Å²) in [7, 11) is 0. The van der Waals surface area contributed by atoms with Gasteiger partial charge in [-0.2, -0.15) is 0 Å². The SMILES string of the molecule is [2H]C([2H])([2H])C([2H])([2H])c1cncc(Br)n1. The molecule has 9 heavy (non-hydrogen) atoms. The van der Waals surface area contributed by atoms with Crippen molar-refractivity contribution >= 4 is 15.9 Å². The maximum absolute atomic E-state index is 7.40. The Labute approximate surface area is 69.5 Å². The predicted octanol–water partition coefficient (Wildman–Crippen LogP) is 1.80. The first kappa shape index (κ1) is 2.66. The Kier molecular flexibility index (Phi) is 0.862. The van der Waals surface area contributed by atoms with Crippen LogP contribution in [0.25, 0.3) is 0 Å². The number of hydrogen-bond acceptors (Lipinski definition) is 2. The average Bonchev–Trinajstić information content (AvgIpc) is 2.02. The van der Waals surface area contributed by atoms with Crippen molar-refractivity contribution in [1.29, 1.82) is 0 Å². The first-order chi connectivity index (χ1) is 6.25. The molecule has 0 aliphatic rings. The third-order valence-corrected chi connectivity index (χ3v) is 1.12. The molecule has 0 amide bonds. The molecule has 0 N–H and O–H groups in total. The molecular formula is C6H7BrN2. The molecule has 0 atom stereocenters. The Hall–Kier alpha value is -0.440. The van der Waals surface area contributed by atoms with E-state index >= 15 is 0 Å². The molecule has 0 aliphatic carbocycles. The van der Waals surface area contributed by atoms with Gasteiger partial charge < -0.3 is 0 Å². The summed E-state index contributed by atoms with van der Waals surface area (Å²) < 4.78 is 36.2. The normalized spacial score (nSPS) is 20.8. The summed E-state index contributed by atoms with van der Waals surface area (Å²) in [5.41, 5.74) is -0.202. The number of rotatable bonds is 1. The molecule has 1 aromatic rings. The highest BCUT2D eigenvalue weighted by Crippen LogP contribution is 2.03. The molecule has 2 nitrogen and oxygen atoms in total. The lowest BCUT2D eigenvalue weighted by Crippen LogP contribution is -1.87. The minimum Gasteiger partial charge on any atom is -0.260 e. The first-order valence-corrected chi connectivity index (χ1v) is 3.02. The molecule has 0 saturated heterocycles. The fraction of sp³-hybridized carbons (Fsp3) is 0.333. The van der Waals surface area contributed by atoms with Crippen LogP contribution in [0.1, 0.15) is 19.4 Å². The zero-order chi connectivity index (χ0) is 11.0. The lowest BCUT2D eigenvalue weighted by molar-refractivity contribution is 0.984. The van der Waals surface area contributed by atoms with Gasteiger partial charge in [0.25, 0.3) is 0 Å². The Bertz CT molecular complexity index is 337. The highest BCUT2D eigenvalue weighted by Gasteiger charge is 1.90. The van der Waals surface area contributed by atoms with Crippen molar-refractivity contribution in [2.75, 3.05) is 0 Å². The van der Waals surface area contributed by atoms with Gasteiger partial charge in [-0.25, -0.2) is 4.98 Å². The lowest BCUT2D eigenvalue weighted by Gasteiger charge is -1.92. The summed E-state index contributed by atoms with van der Waals surface area (Å²) >= 11 is 3.00. The van der Waals surface area contributed by atoms with Crippen molar-refractivity contribution in [2.45, 2.75) is 13.2 Å². The van der Waals surface area contributed by atoms with Gasteiger partial charge in [-0.05, 0) is 22.3 Å². The lowest BCUT2D eigenvalue weighted by atomic mass is 10.4. The van der Waals surface area contributed by atoms with Gasteiger partial charge in [0.2, 0.25) is 0 Å².